The summed E-state index contributed by atoms with van der Waals surface area (Å²) in [7, 11) is 0. The molecule has 0 aromatic rings. The molecule has 1 aliphatic carbocycles. The minimum Gasteiger partial charge on any atom is -0.481 e. The van der Waals surface area contributed by atoms with Gasteiger partial charge in [0, 0.05) is 12.6 Å². The van der Waals surface area contributed by atoms with Crippen LogP contribution in [-0.4, -0.2) is 53.8 Å². The lowest BCUT2D eigenvalue weighted by Crippen LogP contribution is -2.51. The van der Waals surface area contributed by atoms with Gasteiger partial charge in [0.2, 0.25) is 0 Å². The predicted molar refractivity (Wildman–Crippen MR) is 73.4 cm³/mol. The molecule has 0 bridgehead atoms. The fraction of sp³-hybridized carbons (Fsp3) is 0.857. The van der Waals surface area contributed by atoms with E-state index < -0.39 is 11.9 Å². The van der Waals surface area contributed by atoms with Crippen molar-refractivity contribution in [2.24, 2.45) is 11.3 Å². The highest BCUT2D eigenvalue weighted by atomic mass is 16.5. The van der Waals surface area contributed by atoms with Gasteiger partial charge in [-0.05, 0) is 18.3 Å². The second kappa shape index (κ2) is 5.60. The molecule has 0 aromatic heterocycles. The molecule has 0 aromatic carbocycles. The molecule has 1 saturated heterocycles. The van der Waals surface area contributed by atoms with E-state index in [4.69, 9.17) is 4.74 Å². The maximum Gasteiger partial charge on any atom is 0.317 e. The van der Waals surface area contributed by atoms with Crippen LogP contribution in [0.25, 0.3) is 0 Å². The molecule has 2 N–H and O–H groups in total. The number of carbonyl (C=O) groups is 2. The van der Waals surface area contributed by atoms with E-state index in [0.717, 1.165) is 12.8 Å². The van der Waals surface area contributed by atoms with E-state index in [1.54, 1.807) is 4.90 Å². The first-order chi connectivity index (χ1) is 9.36. The van der Waals surface area contributed by atoms with Crippen molar-refractivity contribution in [3.63, 3.8) is 0 Å². The number of carboxylic acid groups (broad SMARTS) is 1. The van der Waals surface area contributed by atoms with E-state index in [-0.39, 0.29) is 30.1 Å². The molecular formula is C14H24N2O4. The van der Waals surface area contributed by atoms with Gasteiger partial charge in [0.15, 0.2) is 0 Å². The van der Waals surface area contributed by atoms with Crippen LogP contribution < -0.4 is 5.32 Å². The average Bonchev–Trinajstić information content (AvgIpc) is 2.80. The lowest BCUT2D eigenvalue weighted by molar-refractivity contribution is -0.142. The van der Waals surface area contributed by atoms with Crippen molar-refractivity contribution >= 4 is 12.0 Å². The number of hydrogen-bond acceptors (Lipinski definition) is 3. The fourth-order valence-corrected chi connectivity index (χ4v) is 2.69. The zero-order valence-electron chi connectivity index (χ0n) is 12.4. The zero-order valence-corrected chi connectivity index (χ0v) is 12.4. The van der Waals surface area contributed by atoms with Crippen LogP contribution in [0.15, 0.2) is 0 Å². The standard InChI is InChI=1S/C14H24N2O4/c1-4-5-16(10-8-20-7-9(10)12(17)18)13(19)15-11-6-14(11,2)3/h9-11H,4-8H2,1-3H3,(H,15,19)(H,17,18). The Balaban J connectivity index is 2.02. The van der Waals surface area contributed by atoms with Crippen LogP contribution in [0.4, 0.5) is 4.79 Å². The van der Waals surface area contributed by atoms with E-state index >= 15 is 0 Å². The lowest BCUT2D eigenvalue weighted by atomic mass is 10.0. The van der Waals surface area contributed by atoms with Crippen LogP contribution in [0.5, 0.6) is 0 Å². The van der Waals surface area contributed by atoms with Gasteiger partial charge in [-0.3, -0.25) is 4.79 Å². The Hall–Kier alpha value is -1.30. The maximum absolute atomic E-state index is 12.4. The third-order valence-corrected chi connectivity index (χ3v) is 4.30. The Morgan fingerprint density at radius 2 is 2.05 bits per heavy atom. The molecule has 1 saturated carbocycles. The van der Waals surface area contributed by atoms with Crippen LogP contribution in [0.1, 0.15) is 33.6 Å². The topological polar surface area (TPSA) is 78.9 Å². The summed E-state index contributed by atoms with van der Waals surface area (Å²) in [5, 5.41) is 12.2. The van der Waals surface area contributed by atoms with E-state index in [0.29, 0.717) is 13.2 Å². The van der Waals surface area contributed by atoms with Crippen molar-refractivity contribution in [2.45, 2.75) is 45.7 Å². The van der Waals surface area contributed by atoms with Crippen molar-refractivity contribution in [1.82, 2.24) is 10.2 Å². The van der Waals surface area contributed by atoms with Crippen molar-refractivity contribution in [1.29, 1.82) is 0 Å². The molecule has 1 heterocycles. The number of urea groups is 1. The van der Waals surface area contributed by atoms with Gasteiger partial charge in [0.1, 0.15) is 5.92 Å². The van der Waals surface area contributed by atoms with Gasteiger partial charge in [-0.1, -0.05) is 20.8 Å². The first-order valence-electron chi connectivity index (χ1n) is 7.24. The number of aliphatic carboxylic acids is 1. The zero-order chi connectivity index (χ0) is 14.9. The molecule has 6 heteroatoms. The average molecular weight is 284 g/mol. The fourth-order valence-electron chi connectivity index (χ4n) is 2.69. The van der Waals surface area contributed by atoms with E-state index in [1.165, 1.54) is 0 Å². The van der Waals surface area contributed by atoms with Crippen molar-refractivity contribution in [3.05, 3.63) is 0 Å². The number of nitrogens with zero attached hydrogens (tertiary/aromatic N) is 1. The van der Waals surface area contributed by atoms with Crippen molar-refractivity contribution in [2.75, 3.05) is 19.8 Å². The molecule has 114 valence electrons. The van der Waals surface area contributed by atoms with E-state index in [2.05, 4.69) is 19.2 Å². The maximum atomic E-state index is 12.4. The first-order valence-corrected chi connectivity index (χ1v) is 7.24. The minimum atomic E-state index is -0.895. The second-order valence-electron chi connectivity index (χ2n) is 6.44. The van der Waals surface area contributed by atoms with Crippen LogP contribution >= 0.6 is 0 Å². The van der Waals surface area contributed by atoms with Gasteiger partial charge in [-0.2, -0.15) is 0 Å². The number of carboxylic acids is 1. The summed E-state index contributed by atoms with van der Waals surface area (Å²) in [4.78, 5) is 25.3. The number of nitrogens with one attached hydrogen (secondary N) is 1. The number of ether oxygens (including phenoxy) is 1. The van der Waals surface area contributed by atoms with Gasteiger partial charge in [0.05, 0.1) is 19.3 Å². The van der Waals surface area contributed by atoms with Gasteiger partial charge in [0.25, 0.3) is 0 Å². The molecule has 20 heavy (non-hydrogen) atoms. The van der Waals surface area contributed by atoms with Gasteiger partial charge in [-0.25, -0.2) is 4.79 Å². The smallest absolute Gasteiger partial charge is 0.317 e. The molecule has 2 aliphatic rings. The third-order valence-electron chi connectivity index (χ3n) is 4.30. The second-order valence-corrected chi connectivity index (χ2v) is 6.44. The van der Waals surface area contributed by atoms with Gasteiger partial charge >= 0.3 is 12.0 Å². The van der Waals surface area contributed by atoms with Crippen LogP contribution in [-0.2, 0) is 9.53 Å². The van der Waals surface area contributed by atoms with Gasteiger partial charge in [-0.15, -0.1) is 0 Å². The predicted octanol–water partition coefficient (Wildman–Crippen LogP) is 1.31. The number of amides is 2. The Kier molecular flexibility index (Phi) is 4.22. The molecule has 2 rings (SSSR count). The van der Waals surface area contributed by atoms with Crippen LogP contribution in [0, 0.1) is 11.3 Å². The molecular weight excluding hydrogens is 260 g/mol. The molecule has 0 spiro atoms. The Morgan fingerprint density at radius 1 is 1.40 bits per heavy atom. The SMILES string of the molecule is CCCN(C(=O)NC1CC1(C)C)C1COCC1C(=O)O. The summed E-state index contributed by atoms with van der Waals surface area (Å²) in [6, 6.07) is -0.335. The highest BCUT2D eigenvalue weighted by Gasteiger charge is 2.48. The number of carbonyl (C=O) groups excluding carboxylic acids is 1. The summed E-state index contributed by atoms with van der Waals surface area (Å²) < 4.78 is 5.27. The monoisotopic (exact) mass is 284 g/mol. The summed E-state index contributed by atoms with van der Waals surface area (Å²) in [5.41, 5.74) is 0.159. The molecule has 1 aliphatic heterocycles. The Labute approximate surface area is 119 Å². The summed E-state index contributed by atoms with van der Waals surface area (Å²) >= 11 is 0. The molecule has 0 radical (unpaired) electrons. The third kappa shape index (κ3) is 3.06. The van der Waals surface area contributed by atoms with Gasteiger partial charge < -0.3 is 20.1 Å². The van der Waals surface area contributed by atoms with Crippen molar-refractivity contribution in [3.8, 4) is 0 Å². The Morgan fingerprint density at radius 3 is 2.55 bits per heavy atom. The molecule has 3 unspecified atom stereocenters. The number of hydrogen-bond donors (Lipinski definition) is 2. The molecule has 6 nitrogen and oxygen atoms in total. The van der Waals surface area contributed by atoms with E-state index in [9.17, 15) is 14.7 Å². The largest absolute Gasteiger partial charge is 0.481 e. The highest BCUT2D eigenvalue weighted by Crippen LogP contribution is 2.44. The van der Waals surface area contributed by atoms with Crippen LogP contribution in [0.2, 0.25) is 0 Å². The first kappa shape index (κ1) is 15.1. The summed E-state index contributed by atoms with van der Waals surface area (Å²) in [6.45, 7) is 7.24. The summed E-state index contributed by atoms with van der Waals surface area (Å²) in [5.74, 6) is -1.52. The number of rotatable bonds is 5. The quantitative estimate of drug-likeness (QED) is 0.797. The summed E-state index contributed by atoms with van der Waals surface area (Å²) in [6.07, 6.45) is 1.77. The normalized spacial score (nSPS) is 30.9. The molecule has 2 amide bonds. The van der Waals surface area contributed by atoms with Crippen molar-refractivity contribution < 1.29 is 19.4 Å². The molecule has 2 fully saturated rings. The Bertz CT molecular complexity index is 397. The van der Waals surface area contributed by atoms with E-state index in [1.807, 2.05) is 6.92 Å². The molecule has 3 atom stereocenters. The minimum absolute atomic E-state index is 0.159. The van der Waals surface area contributed by atoms with Crippen LogP contribution in [0.3, 0.4) is 0 Å². The lowest BCUT2D eigenvalue weighted by Gasteiger charge is -2.30. The highest BCUT2D eigenvalue weighted by molar-refractivity contribution is 5.78.